The van der Waals surface area contributed by atoms with Crippen LogP contribution >= 0.6 is 0 Å². The summed E-state index contributed by atoms with van der Waals surface area (Å²) < 4.78 is 43.9. The summed E-state index contributed by atoms with van der Waals surface area (Å²) in [6.45, 7) is -0.804. The molecular formula is C12H13F3N2O2. The molecule has 104 valence electrons. The standard InChI is InChI=1S/C12H13F3N2O2/c13-12(14,15)10(7-16)17-5-6-19-9-4-2-1-3-8(9)11(17)18/h1-4,10H,5-7,16H2. The summed E-state index contributed by atoms with van der Waals surface area (Å²) in [5.41, 5.74) is 5.30. The number of carbonyl (C=O) groups is 1. The van der Waals surface area contributed by atoms with Gasteiger partial charge in [0.05, 0.1) is 12.1 Å². The number of nitrogens with two attached hydrogens (primary N) is 1. The van der Waals surface area contributed by atoms with Crippen molar-refractivity contribution in [3.05, 3.63) is 29.8 Å². The molecule has 1 atom stereocenters. The molecule has 1 aromatic rings. The second-order valence-corrected chi connectivity index (χ2v) is 4.14. The molecule has 19 heavy (non-hydrogen) atoms. The van der Waals surface area contributed by atoms with E-state index in [2.05, 4.69) is 0 Å². The molecule has 0 aliphatic carbocycles. The summed E-state index contributed by atoms with van der Waals surface area (Å²) in [5.74, 6) is -0.408. The molecule has 0 bridgehead atoms. The van der Waals surface area contributed by atoms with Crippen molar-refractivity contribution in [3.63, 3.8) is 0 Å². The van der Waals surface area contributed by atoms with Gasteiger partial charge in [0.25, 0.3) is 5.91 Å². The molecule has 1 aliphatic heterocycles. The summed E-state index contributed by atoms with van der Waals surface area (Å²) in [5, 5.41) is 0. The third-order valence-electron chi connectivity index (χ3n) is 2.95. The molecule has 1 amide bonds. The Hall–Kier alpha value is -1.76. The third-order valence-corrected chi connectivity index (χ3v) is 2.95. The van der Waals surface area contributed by atoms with Gasteiger partial charge in [0.1, 0.15) is 18.4 Å². The summed E-state index contributed by atoms with van der Waals surface area (Å²) in [6, 6.07) is 4.25. The maximum Gasteiger partial charge on any atom is 0.410 e. The first-order valence-corrected chi connectivity index (χ1v) is 5.74. The molecule has 0 saturated carbocycles. The normalized spacial score (nSPS) is 17.5. The van der Waals surface area contributed by atoms with Gasteiger partial charge < -0.3 is 15.4 Å². The molecule has 1 heterocycles. The lowest BCUT2D eigenvalue weighted by Gasteiger charge is -2.30. The zero-order valence-electron chi connectivity index (χ0n) is 9.98. The molecule has 1 aromatic carbocycles. The van der Waals surface area contributed by atoms with Crippen molar-refractivity contribution in [3.8, 4) is 5.75 Å². The summed E-state index contributed by atoms with van der Waals surface area (Å²) >= 11 is 0. The molecule has 4 nitrogen and oxygen atoms in total. The lowest BCUT2D eigenvalue weighted by Crippen LogP contribution is -2.53. The van der Waals surface area contributed by atoms with Gasteiger partial charge in [-0.05, 0) is 12.1 Å². The molecule has 0 spiro atoms. The Labute approximate surface area is 107 Å². The van der Waals surface area contributed by atoms with Crippen LogP contribution in [0.4, 0.5) is 13.2 Å². The Bertz CT molecular complexity index is 476. The van der Waals surface area contributed by atoms with Gasteiger partial charge in [-0.1, -0.05) is 12.1 Å². The van der Waals surface area contributed by atoms with Crippen LogP contribution in [0.25, 0.3) is 0 Å². The number of ether oxygens (including phenoxy) is 1. The first kappa shape index (κ1) is 13.7. The second-order valence-electron chi connectivity index (χ2n) is 4.14. The van der Waals surface area contributed by atoms with Gasteiger partial charge in [-0.2, -0.15) is 13.2 Å². The van der Waals surface area contributed by atoms with E-state index in [9.17, 15) is 18.0 Å². The van der Waals surface area contributed by atoms with E-state index in [0.29, 0.717) is 5.75 Å². The maximum atomic E-state index is 12.9. The van der Waals surface area contributed by atoms with Crippen LogP contribution in [0, 0.1) is 0 Å². The van der Waals surface area contributed by atoms with Crippen molar-refractivity contribution in [2.45, 2.75) is 12.2 Å². The van der Waals surface area contributed by atoms with Gasteiger partial charge in [-0.25, -0.2) is 0 Å². The minimum atomic E-state index is -4.55. The topological polar surface area (TPSA) is 55.6 Å². The Morgan fingerprint density at radius 1 is 1.37 bits per heavy atom. The van der Waals surface area contributed by atoms with E-state index < -0.39 is 24.7 Å². The summed E-state index contributed by atoms with van der Waals surface area (Å²) in [6.07, 6.45) is -4.55. The van der Waals surface area contributed by atoms with Gasteiger partial charge in [-0.3, -0.25) is 4.79 Å². The Balaban J connectivity index is 2.36. The lowest BCUT2D eigenvalue weighted by atomic mass is 10.1. The van der Waals surface area contributed by atoms with Crippen LogP contribution in [0.5, 0.6) is 5.75 Å². The highest BCUT2D eigenvalue weighted by atomic mass is 19.4. The lowest BCUT2D eigenvalue weighted by molar-refractivity contribution is -0.174. The van der Waals surface area contributed by atoms with Gasteiger partial charge in [0.15, 0.2) is 0 Å². The molecule has 0 radical (unpaired) electrons. The van der Waals surface area contributed by atoms with Gasteiger partial charge >= 0.3 is 6.18 Å². The number of hydrogen-bond acceptors (Lipinski definition) is 3. The minimum Gasteiger partial charge on any atom is -0.491 e. The van der Waals surface area contributed by atoms with Crippen molar-refractivity contribution in [1.82, 2.24) is 4.90 Å². The fourth-order valence-electron chi connectivity index (χ4n) is 2.01. The summed E-state index contributed by atoms with van der Waals surface area (Å²) in [7, 11) is 0. The molecule has 2 N–H and O–H groups in total. The Morgan fingerprint density at radius 3 is 2.68 bits per heavy atom. The largest absolute Gasteiger partial charge is 0.491 e. The number of hydrogen-bond donors (Lipinski definition) is 1. The van der Waals surface area contributed by atoms with E-state index in [0.717, 1.165) is 4.90 Å². The fraction of sp³-hybridized carbons (Fsp3) is 0.417. The number of carbonyl (C=O) groups excluding carboxylic acids is 1. The zero-order chi connectivity index (χ0) is 14.0. The average Bonchev–Trinajstić information content (AvgIpc) is 2.50. The molecule has 0 saturated heterocycles. The van der Waals surface area contributed by atoms with Gasteiger partial charge in [-0.15, -0.1) is 0 Å². The molecular weight excluding hydrogens is 261 g/mol. The van der Waals surface area contributed by atoms with Crippen LogP contribution in [-0.4, -0.2) is 42.7 Å². The van der Waals surface area contributed by atoms with E-state index in [1.165, 1.54) is 6.07 Å². The number of rotatable bonds is 2. The number of nitrogens with zero attached hydrogens (tertiary/aromatic N) is 1. The quantitative estimate of drug-likeness (QED) is 0.887. The van der Waals surface area contributed by atoms with E-state index in [1.54, 1.807) is 18.2 Å². The van der Waals surface area contributed by atoms with E-state index in [1.807, 2.05) is 0 Å². The predicted octanol–water partition coefficient (Wildman–Crippen LogP) is 1.41. The van der Waals surface area contributed by atoms with Crippen LogP contribution in [0.1, 0.15) is 10.4 Å². The van der Waals surface area contributed by atoms with Crippen molar-refractivity contribution in [2.75, 3.05) is 19.7 Å². The fourth-order valence-corrected chi connectivity index (χ4v) is 2.01. The maximum absolute atomic E-state index is 12.9. The molecule has 2 rings (SSSR count). The van der Waals surface area contributed by atoms with E-state index in [4.69, 9.17) is 10.5 Å². The highest BCUT2D eigenvalue weighted by Crippen LogP contribution is 2.29. The smallest absolute Gasteiger partial charge is 0.410 e. The Kier molecular flexibility index (Phi) is 3.66. The van der Waals surface area contributed by atoms with Crippen molar-refractivity contribution in [2.24, 2.45) is 5.73 Å². The van der Waals surface area contributed by atoms with Gasteiger partial charge in [0, 0.05) is 6.54 Å². The molecule has 0 fully saturated rings. The van der Waals surface area contributed by atoms with E-state index in [-0.39, 0.29) is 18.7 Å². The number of halogens is 3. The first-order valence-electron chi connectivity index (χ1n) is 5.74. The van der Waals surface area contributed by atoms with Crippen LogP contribution in [-0.2, 0) is 0 Å². The number of benzene rings is 1. The van der Waals surface area contributed by atoms with Gasteiger partial charge in [0.2, 0.25) is 0 Å². The average molecular weight is 274 g/mol. The van der Waals surface area contributed by atoms with E-state index >= 15 is 0 Å². The second kappa shape index (κ2) is 5.08. The van der Waals surface area contributed by atoms with Crippen LogP contribution in [0.3, 0.4) is 0 Å². The number of alkyl halides is 3. The molecule has 7 heteroatoms. The zero-order valence-corrected chi connectivity index (χ0v) is 9.98. The van der Waals surface area contributed by atoms with Crippen molar-refractivity contribution < 1.29 is 22.7 Å². The van der Waals surface area contributed by atoms with Crippen LogP contribution < -0.4 is 10.5 Å². The molecule has 0 aromatic heterocycles. The number of amides is 1. The molecule has 1 aliphatic rings. The SMILES string of the molecule is NCC(N1CCOc2ccccc2C1=O)C(F)(F)F. The van der Waals surface area contributed by atoms with Crippen molar-refractivity contribution >= 4 is 5.91 Å². The molecule has 1 unspecified atom stereocenters. The summed E-state index contributed by atoms with van der Waals surface area (Å²) in [4.78, 5) is 12.9. The highest BCUT2D eigenvalue weighted by Gasteiger charge is 2.45. The first-order chi connectivity index (χ1) is 8.95. The van der Waals surface area contributed by atoms with Crippen molar-refractivity contribution in [1.29, 1.82) is 0 Å². The predicted molar refractivity (Wildman–Crippen MR) is 61.9 cm³/mol. The minimum absolute atomic E-state index is 0.00926. The monoisotopic (exact) mass is 274 g/mol. The third kappa shape index (κ3) is 2.65. The Morgan fingerprint density at radius 2 is 2.05 bits per heavy atom. The highest BCUT2D eigenvalue weighted by molar-refractivity contribution is 5.97. The van der Waals surface area contributed by atoms with Crippen LogP contribution in [0.15, 0.2) is 24.3 Å². The van der Waals surface area contributed by atoms with Crippen LogP contribution in [0.2, 0.25) is 0 Å². The number of fused-ring (bicyclic) bond motifs is 1. The number of para-hydroxylation sites is 1.